The number of hydrogen-bond acceptors (Lipinski definition) is 5. The first-order valence-electron chi connectivity index (χ1n) is 11.5. The fraction of sp³-hybridized carbons (Fsp3) is 0.440. The zero-order chi connectivity index (χ0) is 22.1. The summed E-state index contributed by atoms with van der Waals surface area (Å²) in [5.41, 5.74) is 3.04. The zero-order valence-corrected chi connectivity index (χ0v) is 19.3. The summed E-state index contributed by atoms with van der Waals surface area (Å²) in [5, 5.41) is 1.07. The summed E-state index contributed by atoms with van der Waals surface area (Å²) in [7, 11) is 0. The van der Waals surface area contributed by atoms with Gasteiger partial charge >= 0.3 is 0 Å². The molecule has 32 heavy (non-hydrogen) atoms. The summed E-state index contributed by atoms with van der Waals surface area (Å²) in [6, 6.07) is 13.4. The van der Waals surface area contributed by atoms with E-state index < -0.39 is 0 Å². The van der Waals surface area contributed by atoms with Crippen LogP contribution in [0.3, 0.4) is 0 Å². The smallest absolute Gasteiger partial charge is 0.225 e. The van der Waals surface area contributed by atoms with Gasteiger partial charge in [-0.15, -0.1) is 0 Å². The first-order valence-corrected chi connectivity index (χ1v) is 12.4. The van der Waals surface area contributed by atoms with Gasteiger partial charge < -0.3 is 14.7 Å². The van der Waals surface area contributed by atoms with Crippen LogP contribution in [0.25, 0.3) is 10.2 Å². The van der Waals surface area contributed by atoms with E-state index in [1.165, 1.54) is 16.3 Å². The van der Waals surface area contributed by atoms with Crippen molar-refractivity contribution in [2.75, 3.05) is 49.1 Å². The molecule has 7 heteroatoms. The van der Waals surface area contributed by atoms with E-state index in [1.54, 1.807) is 17.4 Å². The maximum absolute atomic E-state index is 14.1. The molecule has 0 aliphatic carbocycles. The van der Waals surface area contributed by atoms with Crippen molar-refractivity contribution in [3.63, 3.8) is 0 Å². The van der Waals surface area contributed by atoms with Crippen LogP contribution < -0.4 is 9.80 Å². The topological polar surface area (TPSA) is 39.7 Å². The van der Waals surface area contributed by atoms with Gasteiger partial charge in [0.15, 0.2) is 5.13 Å². The number of amides is 1. The number of fused-ring (bicyclic) bond motifs is 1. The first kappa shape index (κ1) is 21.2. The third kappa shape index (κ3) is 4.18. The number of carbonyl (C=O) groups excluding carboxylic acids is 1. The molecule has 3 heterocycles. The van der Waals surface area contributed by atoms with Crippen molar-refractivity contribution >= 4 is 38.3 Å². The molecule has 3 aromatic rings. The molecule has 2 saturated heterocycles. The van der Waals surface area contributed by atoms with E-state index in [2.05, 4.69) is 30.0 Å². The zero-order valence-electron chi connectivity index (χ0n) is 18.5. The first-order chi connectivity index (χ1) is 15.6. The Morgan fingerprint density at radius 2 is 1.78 bits per heavy atom. The molecular formula is C25H29FN4OS. The highest BCUT2D eigenvalue weighted by Crippen LogP contribution is 2.33. The van der Waals surface area contributed by atoms with E-state index in [9.17, 15) is 9.18 Å². The summed E-state index contributed by atoms with van der Waals surface area (Å²) < 4.78 is 15.3. The molecule has 0 radical (unpaired) electrons. The number of rotatable bonds is 4. The minimum atomic E-state index is -0.194. The van der Waals surface area contributed by atoms with Gasteiger partial charge in [-0.1, -0.05) is 36.5 Å². The molecule has 0 bridgehead atoms. The van der Waals surface area contributed by atoms with Gasteiger partial charge in [0.25, 0.3) is 0 Å². The molecule has 1 aromatic heterocycles. The van der Waals surface area contributed by atoms with E-state index in [1.807, 2.05) is 21.9 Å². The molecule has 5 rings (SSSR count). The van der Waals surface area contributed by atoms with Gasteiger partial charge in [-0.05, 0) is 49.1 Å². The van der Waals surface area contributed by atoms with Crippen molar-refractivity contribution in [3.05, 3.63) is 53.8 Å². The summed E-state index contributed by atoms with van der Waals surface area (Å²) in [6.45, 7) is 6.58. The van der Waals surface area contributed by atoms with E-state index in [-0.39, 0.29) is 17.6 Å². The minimum absolute atomic E-state index is 0.0762. The van der Waals surface area contributed by atoms with Crippen LogP contribution in [0.1, 0.15) is 25.3 Å². The van der Waals surface area contributed by atoms with Crippen LogP contribution in [0.2, 0.25) is 0 Å². The molecule has 5 nitrogen and oxygen atoms in total. The lowest BCUT2D eigenvalue weighted by atomic mass is 9.95. The highest BCUT2D eigenvalue weighted by atomic mass is 32.1. The monoisotopic (exact) mass is 452 g/mol. The fourth-order valence-electron chi connectivity index (χ4n) is 4.76. The van der Waals surface area contributed by atoms with E-state index >= 15 is 0 Å². The predicted molar refractivity (Wildman–Crippen MR) is 129 cm³/mol. The van der Waals surface area contributed by atoms with E-state index in [4.69, 9.17) is 4.98 Å². The number of para-hydroxylation sites is 1. The Kier molecular flexibility index (Phi) is 6.00. The number of piperazine rings is 1. The van der Waals surface area contributed by atoms with Crippen LogP contribution in [0.15, 0.2) is 42.5 Å². The molecule has 2 aromatic carbocycles. The second-order valence-corrected chi connectivity index (χ2v) is 9.69. The maximum atomic E-state index is 14.1. The van der Waals surface area contributed by atoms with Crippen molar-refractivity contribution in [2.45, 2.75) is 26.2 Å². The molecule has 0 spiro atoms. The van der Waals surface area contributed by atoms with Crippen LogP contribution in [-0.2, 0) is 11.2 Å². The summed E-state index contributed by atoms with van der Waals surface area (Å²) >= 11 is 1.75. The second kappa shape index (κ2) is 9.06. The van der Waals surface area contributed by atoms with E-state index in [0.717, 1.165) is 43.0 Å². The maximum Gasteiger partial charge on any atom is 0.225 e. The van der Waals surface area contributed by atoms with Gasteiger partial charge in [0.05, 0.1) is 15.9 Å². The lowest BCUT2D eigenvalue weighted by molar-refractivity contribution is -0.136. The number of hydrogen-bond donors (Lipinski definition) is 0. The van der Waals surface area contributed by atoms with Crippen LogP contribution in [-0.4, -0.2) is 55.1 Å². The average molecular weight is 453 g/mol. The highest BCUT2D eigenvalue weighted by Gasteiger charge is 2.31. The molecule has 0 unspecified atom stereocenters. The second-order valence-electron chi connectivity index (χ2n) is 8.68. The third-order valence-electron chi connectivity index (χ3n) is 6.75. The number of benzene rings is 2. The number of aromatic nitrogens is 1. The Balaban J connectivity index is 1.16. The van der Waals surface area contributed by atoms with Gasteiger partial charge in [-0.3, -0.25) is 4.79 Å². The fourth-order valence-corrected chi connectivity index (χ4v) is 5.84. The number of anilines is 2. The molecule has 0 atom stereocenters. The normalized spacial score (nSPS) is 17.9. The molecule has 2 aliphatic rings. The van der Waals surface area contributed by atoms with Crippen molar-refractivity contribution in [2.24, 2.45) is 5.92 Å². The predicted octanol–water partition coefficient (Wildman–Crippen LogP) is 4.56. The molecular weight excluding hydrogens is 423 g/mol. The van der Waals surface area contributed by atoms with Gasteiger partial charge in [0.2, 0.25) is 5.91 Å². The van der Waals surface area contributed by atoms with Crippen molar-refractivity contribution in [1.82, 2.24) is 9.88 Å². The number of aryl methyl sites for hydroxylation is 1. The lowest BCUT2D eigenvalue weighted by Gasteiger charge is -2.39. The lowest BCUT2D eigenvalue weighted by Crippen LogP contribution is -2.51. The Morgan fingerprint density at radius 3 is 2.50 bits per heavy atom. The third-order valence-corrected chi connectivity index (χ3v) is 7.83. The number of halogens is 1. The Labute approximate surface area is 192 Å². The standard InChI is InChI=1S/C25H29FN4OS/c1-2-18-7-8-21-23(17-18)32-25(27-21)30-11-9-19(10-12-30)24(31)29-15-13-28(14-16-29)22-6-4-3-5-20(22)26/h3-8,17,19H,2,9-16H2,1H3. The SMILES string of the molecule is CCc1ccc2nc(N3CCC(C(=O)N4CCN(c5ccccc5F)CC4)CC3)sc2c1. The minimum Gasteiger partial charge on any atom is -0.366 e. The Morgan fingerprint density at radius 1 is 1.03 bits per heavy atom. The Hall–Kier alpha value is -2.67. The molecule has 2 aliphatic heterocycles. The van der Waals surface area contributed by atoms with Gasteiger partial charge in [-0.2, -0.15) is 0 Å². The van der Waals surface area contributed by atoms with Crippen LogP contribution in [0, 0.1) is 11.7 Å². The number of thiazole rings is 1. The van der Waals surface area contributed by atoms with Crippen molar-refractivity contribution < 1.29 is 9.18 Å². The molecule has 0 N–H and O–H groups in total. The summed E-state index contributed by atoms with van der Waals surface area (Å²) in [6.07, 6.45) is 2.76. The quantitative estimate of drug-likeness (QED) is 0.582. The highest BCUT2D eigenvalue weighted by molar-refractivity contribution is 7.22. The number of piperidine rings is 1. The van der Waals surface area contributed by atoms with Crippen molar-refractivity contribution in [3.8, 4) is 0 Å². The van der Waals surface area contributed by atoms with Crippen LogP contribution >= 0.6 is 11.3 Å². The van der Waals surface area contributed by atoms with Gasteiger partial charge in [0.1, 0.15) is 5.82 Å². The summed E-state index contributed by atoms with van der Waals surface area (Å²) in [4.78, 5) is 24.3. The van der Waals surface area contributed by atoms with E-state index in [0.29, 0.717) is 31.9 Å². The summed E-state index contributed by atoms with van der Waals surface area (Å²) in [5.74, 6) is 0.141. The van der Waals surface area contributed by atoms with Crippen LogP contribution in [0.5, 0.6) is 0 Å². The van der Waals surface area contributed by atoms with Crippen molar-refractivity contribution in [1.29, 1.82) is 0 Å². The van der Waals surface area contributed by atoms with Crippen LogP contribution in [0.4, 0.5) is 15.2 Å². The largest absolute Gasteiger partial charge is 0.366 e. The van der Waals surface area contributed by atoms with Gasteiger partial charge in [-0.25, -0.2) is 9.37 Å². The number of nitrogens with zero attached hydrogens (tertiary/aromatic N) is 4. The molecule has 168 valence electrons. The molecule has 1 amide bonds. The average Bonchev–Trinajstić information content (AvgIpc) is 3.27. The number of carbonyl (C=O) groups is 1. The molecule has 0 saturated carbocycles. The Bertz CT molecular complexity index is 1100. The van der Waals surface area contributed by atoms with Gasteiger partial charge in [0, 0.05) is 45.2 Å². The molecule has 2 fully saturated rings.